The van der Waals surface area contributed by atoms with E-state index in [2.05, 4.69) is 25.8 Å². The third kappa shape index (κ3) is 16.7. The van der Waals surface area contributed by atoms with Gasteiger partial charge < -0.3 is 9.22 Å². The van der Waals surface area contributed by atoms with Gasteiger partial charge in [0.2, 0.25) is 0 Å². The number of ether oxygens (including phenoxy) is 1. The van der Waals surface area contributed by atoms with Crippen LogP contribution in [0.25, 0.3) is 0 Å². The number of carbonyl (C=O) groups is 1. The number of rotatable bonds is 18. The van der Waals surface area contributed by atoms with E-state index < -0.39 is 12.1 Å². The van der Waals surface area contributed by atoms with Crippen molar-refractivity contribution >= 4 is 5.97 Å². The molecule has 1 atom stereocenters. The lowest BCUT2D eigenvalue weighted by molar-refractivity contribution is -0.894. The van der Waals surface area contributed by atoms with Gasteiger partial charge in [0.25, 0.3) is 0 Å². The molecule has 0 bridgehead atoms. The van der Waals surface area contributed by atoms with Crippen LogP contribution >= 0.6 is 0 Å². The van der Waals surface area contributed by atoms with Crippen LogP contribution in [0.4, 0.5) is 13.2 Å². The van der Waals surface area contributed by atoms with Crippen LogP contribution in [0.1, 0.15) is 97.3 Å². The van der Waals surface area contributed by atoms with Gasteiger partial charge in [-0.15, -0.1) is 0 Å². The Morgan fingerprint density at radius 1 is 0.828 bits per heavy atom. The van der Waals surface area contributed by atoms with Gasteiger partial charge in [-0.25, -0.2) is 4.79 Å². The van der Waals surface area contributed by atoms with E-state index in [1.165, 1.54) is 70.6 Å². The van der Waals surface area contributed by atoms with Gasteiger partial charge in [-0.2, -0.15) is 13.2 Å². The summed E-state index contributed by atoms with van der Waals surface area (Å²) in [5.74, 6) is -2.13. The number of alkyl halides is 3. The van der Waals surface area contributed by atoms with E-state index in [9.17, 15) is 18.0 Å². The number of esters is 1. The average Bonchev–Trinajstić information content (AvgIpc) is 2.64. The van der Waals surface area contributed by atoms with Crippen molar-refractivity contribution in [1.82, 2.24) is 0 Å². The molecule has 0 spiro atoms. The molecule has 0 radical (unpaired) electrons. The Kier molecular flexibility index (Phi) is 15.6. The third-order valence-corrected chi connectivity index (χ3v) is 5.63. The summed E-state index contributed by atoms with van der Waals surface area (Å²) < 4.78 is 42.0. The van der Waals surface area contributed by atoms with Gasteiger partial charge in [-0.3, -0.25) is 0 Å². The second-order valence-corrected chi connectivity index (χ2v) is 9.10. The highest BCUT2D eigenvalue weighted by molar-refractivity contribution is 5.75. The zero-order chi connectivity index (χ0) is 22.2. The third-order valence-electron chi connectivity index (χ3n) is 5.63. The van der Waals surface area contributed by atoms with E-state index >= 15 is 0 Å². The summed E-state index contributed by atoms with van der Waals surface area (Å²) in [6.45, 7) is 5.74. The van der Waals surface area contributed by atoms with Gasteiger partial charge in [0.15, 0.2) is 0 Å². The van der Waals surface area contributed by atoms with E-state index in [1.54, 1.807) is 0 Å². The molecule has 0 aliphatic carbocycles. The van der Waals surface area contributed by atoms with Crippen molar-refractivity contribution in [2.75, 3.05) is 33.8 Å². The molecule has 29 heavy (non-hydrogen) atoms. The van der Waals surface area contributed by atoms with Crippen LogP contribution in [0.15, 0.2) is 0 Å². The standard InChI is InChI=1S/C23H45F3NO2/c1-5-7-8-9-10-11-12-13-14-15-16-17-18-27(3,4)19-21(6-2)20-29-22(28)23(24,25)26/h21H,5-20H2,1-4H3/q+1. The van der Waals surface area contributed by atoms with Gasteiger partial charge in [-0.05, 0) is 19.3 Å². The molecule has 6 heteroatoms. The first-order valence-corrected chi connectivity index (χ1v) is 11.7. The fourth-order valence-corrected chi connectivity index (χ4v) is 3.75. The summed E-state index contributed by atoms with van der Waals surface area (Å²) in [5, 5.41) is 0. The van der Waals surface area contributed by atoms with Crippen LogP contribution in [0, 0.1) is 5.92 Å². The van der Waals surface area contributed by atoms with E-state index in [0.29, 0.717) is 6.42 Å². The number of hydrogen-bond acceptors (Lipinski definition) is 2. The predicted molar refractivity (Wildman–Crippen MR) is 114 cm³/mol. The van der Waals surface area contributed by atoms with Crippen LogP contribution in [-0.4, -0.2) is 50.4 Å². The highest BCUT2D eigenvalue weighted by Gasteiger charge is 2.41. The van der Waals surface area contributed by atoms with Gasteiger partial charge in [0.05, 0.1) is 33.8 Å². The molecule has 0 fully saturated rings. The molecule has 0 saturated carbocycles. The zero-order valence-corrected chi connectivity index (χ0v) is 19.3. The minimum atomic E-state index is -4.91. The van der Waals surface area contributed by atoms with Gasteiger partial charge in [0.1, 0.15) is 0 Å². The minimum Gasteiger partial charge on any atom is -0.459 e. The molecule has 1 unspecified atom stereocenters. The SMILES string of the molecule is CCCCCCCCCCCCCC[N+](C)(C)CC(CC)COC(=O)C(F)(F)F. The Hall–Kier alpha value is -0.780. The maximum atomic E-state index is 12.3. The Balaban J connectivity index is 3.79. The molecule has 0 aliphatic heterocycles. The summed E-state index contributed by atoms with van der Waals surface area (Å²) >= 11 is 0. The number of carbonyl (C=O) groups excluding carboxylic acids is 1. The fourth-order valence-electron chi connectivity index (χ4n) is 3.75. The molecule has 0 aromatic carbocycles. The normalized spacial score (nSPS) is 13.5. The van der Waals surface area contributed by atoms with Gasteiger partial charge in [-0.1, -0.05) is 78.1 Å². The summed E-state index contributed by atoms with van der Waals surface area (Å²) in [6, 6.07) is 0. The maximum absolute atomic E-state index is 12.3. The molecule has 0 heterocycles. The minimum absolute atomic E-state index is 0.0476. The second-order valence-electron chi connectivity index (χ2n) is 9.10. The molecule has 0 aromatic heterocycles. The largest absolute Gasteiger partial charge is 0.490 e. The summed E-state index contributed by atoms with van der Waals surface area (Å²) in [6.07, 6.45) is 11.5. The molecule has 0 aromatic rings. The molecular weight excluding hydrogens is 379 g/mol. The Morgan fingerprint density at radius 3 is 1.69 bits per heavy atom. The van der Waals surface area contributed by atoms with E-state index in [1.807, 2.05) is 6.92 Å². The van der Waals surface area contributed by atoms with Crippen molar-refractivity contribution in [3.05, 3.63) is 0 Å². The Labute approximate surface area is 177 Å². The van der Waals surface area contributed by atoms with Crippen LogP contribution in [0.5, 0.6) is 0 Å². The number of halogens is 3. The van der Waals surface area contributed by atoms with Crippen molar-refractivity contribution in [2.24, 2.45) is 5.92 Å². The molecular formula is C23H45F3NO2+. The fraction of sp³-hybridized carbons (Fsp3) is 0.957. The van der Waals surface area contributed by atoms with Gasteiger partial charge in [0, 0.05) is 5.92 Å². The van der Waals surface area contributed by atoms with Crippen LogP contribution in [-0.2, 0) is 9.53 Å². The lowest BCUT2D eigenvalue weighted by Crippen LogP contribution is -2.45. The number of unbranched alkanes of at least 4 members (excludes halogenated alkanes) is 11. The first-order valence-electron chi connectivity index (χ1n) is 11.7. The lowest BCUT2D eigenvalue weighted by atomic mass is 10.0. The van der Waals surface area contributed by atoms with Crippen LogP contribution < -0.4 is 0 Å². The van der Waals surface area contributed by atoms with Crippen molar-refractivity contribution < 1.29 is 27.2 Å². The first-order chi connectivity index (χ1) is 13.6. The first kappa shape index (κ1) is 28.2. The predicted octanol–water partition coefficient (Wildman–Crippen LogP) is 6.90. The molecule has 0 saturated heterocycles. The van der Waals surface area contributed by atoms with E-state index in [0.717, 1.165) is 24.0 Å². The maximum Gasteiger partial charge on any atom is 0.490 e. The molecule has 174 valence electrons. The van der Waals surface area contributed by atoms with E-state index in [-0.39, 0.29) is 12.5 Å². The molecule has 3 nitrogen and oxygen atoms in total. The summed E-state index contributed by atoms with van der Waals surface area (Å²) in [5.41, 5.74) is 0. The highest BCUT2D eigenvalue weighted by atomic mass is 19.4. The Bertz CT molecular complexity index is 411. The monoisotopic (exact) mass is 424 g/mol. The number of quaternary nitrogens is 1. The quantitative estimate of drug-likeness (QED) is 0.136. The Morgan fingerprint density at radius 2 is 1.28 bits per heavy atom. The highest BCUT2D eigenvalue weighted by Crippen LogP contribution is 2.19. The van der Waals surface area contributed by atoms with Crippen LogP contribution in [0.2, 0.25) is 0 Å². The van der Waals surface area contributed by atoms with E-state index in [4.69, 9.17) is 0 Å². The summed E-state index contributed by atoms with van der Waals surface area (Å²) in [7, 11) is 4.21. The average molecular weight is 425 g/mol. The van der Waals surface area contributed by atoms with Crippen molar-refractivity contribution in [1.29, 1.82) is 0 Å². The topological polar surface area (TPSA) is 26.3 Å². The van der Waals surface area contributed by atoms with Crippen molar-refractivity contribution in [3.63, 3.8) is 0 Å². The number of nitrogens with zero attached hydrogens (tertiary/aromatic N) is 1. The molecule has 0 rings (SSSR count). The number of hydrogen-bond donors (Lipinski definition) is 0. The van der Waals surface area contributed by atoms with Crippen molar-refractivity contribution in [2.45, 2.75) is 103 Å². The molecule has 0 amide bonds. The molecule has 0 aliphatic rings. The lowest BCUT2D eigenvalue weighted by Gasteiger charge is -2.33. The zero-order valence-electron chi connectivity index (χ0n) is 19.3. The second kappa shape index (κ2) is 16.0. The van der Waals surface area contributed by atoms with Crippen molar-refractivity contribution in [3.8, 4) is 0 Å². The molecule has 0 N–H and O–H groups in total. The smallest absolute Gasteiger partial charge is 0.459 e. The van der Waals surface area contributed by atoms with Crippen LogP contribution in [0.3, 0.4) is 0 Å². The van der Waals surface area contributed by atoms with Gasteiger partial charge >= 0.3 is 12.1 Å². The summed E-state index contributed by atoms with van der Waals surface area (Å²) in [4.78, 5) is 10.9.